The Morgan fingerprint density at radius 1 is 1.29 bits per heavy atom. The number of benzene rings is 2. The van der Waals surface area contributed by atoms with E-state index in [9.17, 15) is 14.4 Å². The number of amides is 1. The normalized spacial score (nSPS) is 16.7. The van der Waals surface area contributed by atoms with E-state index in [1.807, 2.05) is 24.9 Å². The van der Waals surface area contributed by atoms with Crippen LogP contribution in [0.25, 0.3) is 32.1 Å². The number of rotatable bonds is 8. The predicted molar refractivity (Wildman–Crippen MR) is 155 cm³/mol. The van der Waals surface area contributed by atoms with Crippen LogP contribution in [0.5, 0.6) is 6.01 Å². The number of nitrogens with zero attached hydrogens (tertiary/aromatic N) is 5. The van der Waals surface area contributed by atoms with Gasteiger partial charge < -0.3 is 25.0 Å². The van der Waals surface area contributed by atoms with Crippen molar-refractivity contribution in [2.75, 3.05) is 44.5 Å². The Balaban J connectivity index is 1.68. The van der Waals surface area contributed by atoms with Gasteiger partial charge in [0.25, 0.3) is 0 Å². The number of anilines is 2. The van der Waals surface area contributed by atoms with E-state index >= 15 is 4.39 Å². The SMILES string of the molecule is C=CC(=O)N1CCC(N(C)c2nc(OCCOC)nc3c(F)c(-c4ccc(F)c5sc(N)c(C#N)c45)ccc23)C1C. The van der Waals surface area contributed by atoms with Gasteiger partial charge in [-0.3, -0.25) is 4.79 Å². The lowest BCUT2D eigenvalue weighted by Gasteiger charge is -2.32. The summed E-state index contributed by atoms with van der Waals surface area (Å²) in [5, 5.41) is 10.6. The highest BCUT2D eigenvalue weighted by molar-refractivity contribution is 7.23. The summed E-state index contributed by atoms with van der Waals surface area (Å²) < 4.78 is 42.1. The Morgan fingerprint density at radius 2 is 2.05 bits per heavy atom. The maximum Gasteiger partial charge on any atom is 0.319 e. The predicted octanol–water partition coefficient (Wildman–Crippen LogP) is 4.88. The van der Waals surface area contributed by atoms with E-state index in [0.717, 1.165) is 11.3 Å². The van der Waals surface area contributed by atoms with Gasteiger partial charge >= 0.3 is 6.01 Å². The lowest BCUT2D eigenvalue weighted by Crippen LogP contribution is -2.43. The van der Waals surface area contributed by atoms with E-state index in [-0.39, 0.29) is 68.9 Å². The zero-order valence-electron chi connectivity index (χ0n) is 22.8. The third kappa shape index (κ3) is 4.81. The van der Waals surface area contributed by atoms with E-state index < -0.39 is 11.6 Å². The smallest absolute Gasteiger partial charge is 0.319 e. The van der Waals surface area contributed by atoms with Crippen molar-refractivity contribution in [1.82, 2.24) is 14.9 Å². The highest BCUT2D eigenvalue weighted by Gasteiger charge is 2.36. The number of hydrogen-bond donors (Lipinski definition) is 1. The lowest BCUT2D eigenvalue weighted by molar-refractivity contribution is -0.126. The Hall–Kier alpha value is -4.34. The van der Waals surface area contributed by atoms with Gasteiger partial charge in [-0.2, -0.15) is 15.2 Å². The molecule has 212 valence electrons. The molecule has 2 aromatic heterocycles. The van der Waals surface area contributed by atoms with Crippen LogP contribution < -0.4 is 15.4 Å². The number of ether oxygens (including phenoxy) is 2. The first kappa shape index (κ1) is 28.2. The average Bonchev–Trinajstić information content (AvgIpc) is 3.52. The fourth-order valence-corrected chi connectivity index (χ4v) is 6.38. The number of halogens is 2. The third-order valence-corrected chi connectivity index (χ3v) is 8.54. The molecule has 0 saturated carbocycles. The summed E-state index contributed by atoms with van der Waals surface area (Å²) in [6.45, 7) is 6.51. The Labute approximate surface area is 239 Å². The number of hydrogen-bond acceptors (Lipinski definition) is 9. The van der Waals surface area contributed by atoms with Crippen LogP contribution in [0.3, 0.4) is 0 Å². The summed E-state index contributed by atoms with van der Waals surface area (Å²) >= 11 is 0.946. The molecule has 1 aliphatic heterocycles. The second kappa shape index (κ2) is 11.3. The van der Waals surface area contributed by atoms with Gasteiger partial charge in [-0.25, -0.2) is 8.78 Å². The van der Waals surface area contributed by atoms with Crippen LogP contribution >= 0.6 is 11.3 Å². The first-order chi connectivity index (χ1) is 19.7. The Kier molecular flexibility index (Phi) is 7.75. The monoisotopic (exact) mass is 578 g/mol. The minimum atomic E-state index is -0.680. The van der Waals surface area contributed by atoms with Gasteiger partial charge in [-0.15, -0.1) is 11.3 Å². The quantitative estimate of drug-likeness (QED) is 0.232. The molecular formula is C29H28F2N6O3S. The number of nitrogens with two attached hydrogens (primary N) is 1. The van der Waals surface area contributed by atoms with Crippen LogP contribution in [0.2, 0.25) is 0 Å². The van der Waals surface area contributed by atoms with Crippen molar-refractivity contribution in [3.8, 4) is 23.2 Å². The van der Waals surface area contributed by atoms with E-state index in [0.29, 0.717) is 29.7 Å². The molecule has 0 bridgehead atoms. The summed E-state index contributed by atoms with van der Waals surface area (Å²) in [5.74, 6) is -0.950. The molecular weight excluding hydrogens is 550 g/mol. The van der Waals surface area contributed by atoms with Gasteiger partial charge in [-0.05, 0) is 37.1 Å². The maximum atomic E-state index is 16.4. The maximum absolute atomic E-state index is 16.4. The van der Waals surface area contributed by atoms with Crippen molar-refractivity contribution in [2.24, 2.45) is 0 Å². The fourth-order valence-electron chi connectivity index (χ4n) is 5.43. The molecule has 5 rings (SSSR count). The molecule has 2 atom stereocenters. The summed E-state index contributed by atoms with van der Waals surface area (Å²) in [6, 6.07) is 7.64. The number of methoxy groups -OCH3 is 1. The van der Waals surface area contributed by atoms with Crippen molar-refractivity contribution in [2.45, 2.75) is 25.4 Å². The molecule has 2 N–H and O–H groups in total. The van der Waals surface area contributed by atoms with Gasteiger partial charge in [0, 0.05) is 43.1 Å². The minimum absolute atomic E-state index is 0.00405. The Morgan fingerprint density at radius 3 is 2.76 bits per heavy atom. The number of nitriles is 1. The number of aromatic nitrogens is 2. The van der Waals surface area contributed by atoms with Crippen LogP contribution in [0.1, 0.15) is 18.9 Å². The van der Waals surface area contributed by atoms with Crippen LogP contribution in [-0.4, -0.2) is 66.8 Å². The van der Waals surface area contributed by atoms with E-state index in [1.165, 1.54) is 25.3 Å². The van der Waals surface area contributed by atoms with Crippen molar-refractivity contribution in [1.29, 1.82) is 5.26 Å². The third-order valence-electron chi connectivity index (χ3n) is 7.51. The highest BCUT2D eigenvalue weighted by Crippen LogP contribution is 2.43. The van der Waals surface area contributed by atoms with Crippen LogP contribution in [0.4, 0.5) is 19.6 Å². The van der Waals surface area contributed by atoms with Crippen LogP contribution in [-0.2, 0) is 9.53 Å². The van der Waals surface area contributed by atoms with Gasteiger partial charge in [0.2, 0.25) is 5.91 Å². The zero-order chi connectivity index (χ0) is 29.4. The molecule has 4 aromatic rings. The summed E-state index contributed by atoms with van der Waals surface area (Å²) in [6.07, 6.45) is 1.97. The molecule has 1 amide bonds. The molecule has 2 aromatic carbocycles. The molecule has 0 radical (unpaired) electrons. The second-order valence-corrected chi connectivity index (χ2v) is 10.7. The number of thiophene rings is 1. The standard InChI is InChI=1S/C29H28F2N6O3S/c1-5-22(38)37-11-10-21(15(37)2)36(3)28-18-7-6-17(24(31)25(18)34-29(35-28)40-13-12-39-4)16-8-9-20(30)26-23(16)19(14-32)27(33)41-26/h5-9,15,21H,1,10-13,33H2,2-4H3. The van der Waals surface area contributed by atoms with Crippen LogP contribution in [0, 0.1) is 23.0 Å². The summed E-state index contributed by atoms with van der Waals surface area (Å²) in [5.41, 5.74) is 6.54. The highest BCUT2D eigenvalue weighted by atomic mass is 32.1. The lowest BCUT2D eigenvalue weighted by atomic mass is 9.97. The first-order valence-electron chi connectivity index (χ1n) is 12.9. The van der Waals surface area contributed by atoms with E-state index in [1.54, 1.807) is 17.0 Å². The largest absolute Gasteiger partial charge is 0.461 e. The molecule has 1 aliphatic rings. The number of carbonyl (C=O) groups is 1. The molecule has 41 heavy (non-hydrogen) atoms. The first-order valence-corrected chi connectivity index (χ1v) is 13.7. The van der Waals surface area contributed by atoms with Gasteiger partial charge in [0.15, 0.2) is 5.82 Å². The summed E-state index contributed by atoms with van der Waals surface area (Å²) in [7, 11) is 3.37. The van der Waals surface area contributed by atoms with Crippen molar-refractivity contribution < 1.29 is 23.0 Å². The average molecular weight is 579 g/mol. The second-order valence-electron chi connectivity index (χ2n) is 9.69. The molecule has 0 spiro atoms. The molecule has 2 unspecified atom stereocenters. The molecule has 0 aliphatic carbocycles. The van der Waals surface area contributed by atoms with Crippen molar-refractivity contribution in [3.05, 3.63) is 54.1 Å². The topological polar surface area (TPSA) is 118 Å². The van der Waals surface area contributed by atoms with Gasteiger partial charge in [0.05, 0.1) is 22.9 Å². The number of likely N-dealkylation sites (N-methyl/N-ethyl adjacent to an activating group) is 1. The molecule has 3 heterocycles. The fraction of sp³-hybridized carbons (Fsp3) is 0.310. The van der Waals surface area contributed by atoms with E-state index in [2.05, 4.69) is 16.5 Å². The number of likely N-dealkylation sites (tertiary alicyclic amines) is 1. The summed E-state index contributed by atoms with van der Waals surface area (Å²) in [4.78, 5) is 25.0. The van der Waals surface area contributed by atoms with Gasteiger partial charge in [0.1, 0.15) is 34.8 Å². The zero-order valence-corrected chi connectivity index (χ0v) is 23.6. The van der Waals surface area contributed by atoms with Gasteiger partial charge in [-0.1, -0.05) is 18.7 Å². The number of carbonyl (C=O) groups excluding carboxylic acids is 1. The van der Waals surface area contributed by atoms with E-state index in [4.69, 9.17) is 15.2 Å². The van der Waals surface area contributed by atoms with Crippen LogP contribution in [0.15, 0.2) is 36.9 Å². The molecule has 12 heteroatoms. The molecule has 1 fully saturated rings. The Bertz CT molecular complexity index is 1720. The minimum Gasteiger partial charge on any atom is -0.461 e. The van der Waals surface area contributed by atoms with Crippen molar-refractivity contribution >= 4 is 49.1 Å². The van der Waals surface area contributed by atoms with Crippen molar-refractivity contribution in [3.63, 3.8) is 0 Å². The molecule has 1 saturated heterocycles. The number of fused-ring (bicyclic) bond motifs is 2. The number of nitrogen functional groups attached to an aromatic ring is 1. The molecule has 9 nitrogen and oxygen atoms in total.